The van der Waals surface area contributed by atoms with E-state index in [9.17, 15) is 4.39 Å². The molecule has 0 saturated carbocycles. The largest absolute Gasteiger partial charge is 0.362 e. The molecule has 0 spiro atoms. The molecule has 0 aromatic heterocycles. The molecule has 110 valence electrons. The maximum Gasteiger partial charge on any atom is 0.170 e. The van der Waals surface area contributed by atoms with Gasteiger partial charge >= 0.3 is 0 Å². The molecular weight excluding hydrogens is 303 g/mol. The van der Waals surface area contributed by atoms with Gasteiger partial charge < -0.3 is 10.6 Å². The number of halogens is 1. The van der Waals surface area contributed by atoms with Gasteiger partial charge in [0.05, 0.1) is 0 Å². The van der Waals surface area contributed by atoms with Crippen molar-refractivity contribution in [2.75, 3.05) is 17.6 Å². The maximum atomic E-state index is 13.0. The third-order valence-electron chi connectivity index (χ3n) is 2.76. The molecule has 0 unspecified atom stereocenters. The summed E-state index contributed by atoms with van der Waals surface area (Å²) >= 11 is 6.94. The second kappa shape index (κ2) is 8.00. The number of thioether (sulfide) groups is 1. The molecule has 0 atom stereocenters. The summed E-state index contributed by atoms with van der Waals surface area (Å²) in [7, 11) is 0. The molecule has 2 aromatic rings. The molecular formula is C16H17FN2S2. The van der Waals surface area contributed by atoms with Crippen LogP contribution in [0.5, 0.6) is 0 Å². The molecule has 0 heterocycles. The summed E-state index contributed by atoms with van der Waals surface area (Å²) in [6.07, 6.45) is 0. The van der Waals surface area contributed by atoms with Crippen molar-refractivity contribution in [2.24, 2.45) is 0 Å². The summed E-state index contributed by atoms with van der Waals surface area (Å²) in [5.41, 5.74) is 1.91. The van der Waals surface area contributed by atoms with Gasteiger partial charge in [0.1, 0.15) is 5.82 Å². The molecule has 5 heteroatoms. The fourth-order valence-corrected chi connectivity index (χ4v) is 2.70. The Bertz CT molecular complexity index is 599. The highest BCUT2D eigenvalue weighted by molar-refractivity contribution is 7.99. The van der Waals surface area contributed by atoms with E-state index in [0.717, 1.165) is 12.3 Å². The average Bonchev–Trinajstić information content (AvgIpc) is 2.45. The number of hydrogen-bond donors (Lipinski definition) is 2. The first kappa shape index (κ1) is 15.8. The maximum absolute atomic E-state index is 13.0. The van der Waals surface area contributed by atoms with E-state index in [1.54, 1.807) is 23.9 Å². The van der Waals surface area contributed by atoms with Crippen molar-refractivity contribution in [3.05, 3.63) is 59.9 Å². The zero-order valence-corrected chi connectivity index (χ0v) is 13.4. The first-order chi connectivity index (χ1) is 10.1. The summed E-state index contributed by atoms with van der Waals surface area (Å²) in [6.45, 7) is 2.83. The molecule has 0 aliphatic heterocycles. The monoisotopic (exact) mass is 320 g/mol. The Morgan fingerprint density at radius 3 is 2.67 bits per heavy atom. The zero-order valence-electron chi connectivity index (χ0n) is 11.7. The fraction of sp³-hybridized carbons (Fsp3) is 0.188. The highest BCUT2D eigenvalue weighted by Crippen LogP contribution is 2.17. The van der Waals surface area contributed by atoms with Gasteiger partial charge in [-0.2, -0.15) is 0 Å². The van der Waals surface area contributed by atoms with Gasteiger partial charge in [-0.05, 0) is 49.5 Å². The minimum atomic E-state index is -0.280. The number of rotatable bonds is 5. The van der Waals surface area contributed by atoms with Crippen LogP contribution in [0.2, 0.25) is 0 Å². The van der Waals surface area contributed by atoms with E-state index >= 15 is 0 Å². The molecule has 0 aliphatic carbocycles. The number of thiocarbonyl (C=S) groups is 1. The standard InChI is InChI=1S/C16H17FN2S2/c1-12-5-7-15(8-6-12)21-10-9-18-16(20)19-14-4-2-3-13(17)11-14/h2-8,11H,9-10H2,1H3,(H2,18,19,20). The van der Waals surface area contributed by atoms with Crippen LogP contribution in [0, 0.1) is 12.7 Å². The van der Waals surface area contributed by atoms with Gasteiger partial charge in [-0.3, -0.25) is 0 Å². The van der Waals surface area contributed by atoms with Gasteiger partial charge in [-0.15, -0.1) is 11.8 Å². The van der Waals surface area contributed by atoms with Gasteiger partial charge in [0.2, 0.25) is 0 Å². The highest BCUT2D eigenvalue weighted by Gasteiger charge is 1.99. The lowest BCUT2D eigenvalue weighted by Gasteiger charge is -2.10. The van der Waals surface area contributed by atoms with Gasteiger partial charge in [-0.1, -0.05) is 23.8 Å². The van der Waals surface area contributed by atoms with Crippen molar-refractivity contribution in [1.29, 1.82) is 0 Å². The molecule has 2 aromatic carbocycles. The Balaban J connectivity index is 1.68. The molecule has 0 radical (unpaired) electrons. The highest BCUT2D eigenvalue weighted by atomic mass is 32.2. The normalized spacial score (nSPS) is 10.2. The van der Waals surface area contributed by atoms with Crippen LogP contribution in [-0.4, -0.2) is 17.4 Å². The van der Waals surface area contributed by atoms with Gasteiger partial charge in [0.15, 0.2) is 5.11 Å². The van der Waals surface area contributed by atoms with Crippen molar-refractivity contribution in [1.82, 2.24) is 5.32 Å². The van der Waals surface area contributed by atoms with Crippen LogP contribution in [0.3, 0.4) is 0 Å². The lowest BCUT2D eigenvalue weighted by atomic mass is 10.2. The van der Waals surface area contributed by atoms with E-state index < -0.39 is 0 Å². The Hall–Kier alpha value is -1.59. The number of aryl methyl sites for hydroxylation is 1. The minimum Gasteiger partial charge on any atom is -0.362 e. The van der Waals surface area contributed by atoms with E-state index in [-0.39, 0.29) is 5.82 Å². The first-order valence-corrected chi connectivity index (χ1v) is 8.03. The molecule has 0 saturated heterocycles. The van der Waals surface area contributed by atoms with Crippen molar-refractivity contribution in [3.8, 4) is 0 Å². The Morgan fingerprint density at radius 1 is 1.19 bits per heavy atom. The fourth-order valence-electron chi connectivity index (χ4n) is 1.71. The molecule has 2 N–H and O–H groups in total. The summed E-state index contributed by atoms with van der Waals surface area (Å²) in [6, 6.07) is 14.7. The smallest absolute Gasteiger partial charge is 0.170 e. The second-order valence-corrected chi connectivity index (χ2v) is 6.13. The van der Waals surface area contributed by atoms with Crippen molar-refractivity contribution < 1.29 is 4.39 Å². The number of benzene rings is 2. The Kier molecular flexibility index (Phi) is 6.02. The molecule has 0 bridgehead atoms. The van der Waals surface area contributed by atoms with Crippen molar-refractivity contribution in [2.45, 2.75) is 11.8 Å². The molecule has 0 fully saturated rings. The van der Waals surface area contributed by atoms with Crippen LogP contribution in [0.1, 0.15) is 5.56 Å². The third kappa shape index (κ3) is 5.73. The van der Waals surface area contributed by atoms with Crippen molar-refractivity contribution in [3.63, 3.8) is 0 Å². The predicted molar refractivity (Wildman–Crippen MR) is 92.5 cm³/mol. The van der Waals surface area contributed by atoms with E-state index in [4.69, 9.17) is 12.2 Å². The molecule has 0 aliphatic rings. The quantitative estimate of drug-likeness (QED) is 0.489. The Labute approximate surface area is 134 Å². The number of hydrogen-bond acceptors (Lipinski definition) is 2. The summed E-state index contributed by atoms with van der Waals surface area (Å²) in [4.78, 5) is 1.24. The first-order valence-electron chi connectivity index (χ1n) is 6.63. The topological polar surface area (TPSA) is 24.1 Å². The molecule has 2 nitrogen and oxygen atoms in total. The second-order valence-electron chi connectivity index (χ2n) is 4.55. The molecule has 2 rings (SSSR count). The van der Waals surface area contributed by atoms with Crippen LogP contribution >= 0.6 is 24.0 Å². The van der Waals surface area contributed by atoms with Crippen molar-refractivity contribution >= 4 is 34.8 Å². The lowest BCUT2D eigenvalue weighted by molar-refractivity contribution is 0.628. The summed E-state index contributed by atoms with van der Waals surface area (Å²) in [5.74, 6) is 0.631. The lowest BCUT2D eigenvalue weighted by Crippen LogP contribution is -2.30. The van der Waals surface area contributed by atoms with E-state index in [2.05, 4.69) is 41.8 Å². The van der Waals surface area contributed by atoms with Crippen LogP contribution in [0.25, 0.3) is 0 Å². The van der Waals surface area contributed by atoms with Crippen LogP contribution in [0.4, 0.5) is 10.1 Å². The van der Waals surface area contributed by atoms with E-state index in [1.807, 2.05) is 0 Å². The predicted octanol–water partition coefficient (Wildman–Crippen LogP) is 4.21. The Morgan fingerprint density at radius 2 is 1.95 bits per heavy atom. The third-order valence-corrected chi connectivity index (χ3v) is 4.02. The van der Waals surface area contributed by atoms with E-state index in [0.29, 0.717) is 10.8 Å². The van der Waals surface area contributed by atoms with Crippen LogP contribution in [0.15, 0.2) is 53.4 Å². The SMILES string of the molecule is Cc1ccc(SCCNC(=S)Nc2cccc(F)c2)cc1. The van der Waals surface area contributed by atoms with Gasteiger partial charge in [0.25, 0.3) is 0 Å². The van der Waals surface area contributed by atoms with E-state index in [1.165, 1.54) is 22.6 Å². The van der Waals surface area contributed by atoms with Crippen LogP contribution < -0.4 is 10.6 Å². The molecule has 0 amide bonds. The minimum absolute atomic E-state index is 0.280. The van der Waals surface area contributed by atoms with Gasteiger partial charge in [0, 0.05) is 22.9 Å². The van der Waals surface area contributed by atoms with Gasteiger partial charge in [-0.25, -0.2) is 4.39 Å². The molecule has 21 heavy (non-hydrogen) atoms. The van der Waals surface area contributed by atoms with Crippen LogP contribution in [-0.2, 0) is 0 Å². The summed E-state index contributed by atoms with van der Waals surface area (Å²) < 4.78 is 13.0. The summed E-state index contributed by atoms with van der Waals surface area (Å²) in [5, 5.41) is 6.57. The zero-order chi connectivity index (χ0) is 15.1. The number of nitrogens with one attached hydrogen (secondary N) is 2. The average molecular weight is 320 g/mol. The number of anilines is 1.